The minimum atomic E-state index is -0.341. The first-order valence-corrected chi connectivity index (χ1v) is 7.19. The van der Waals surface area contributed by atoms with Gasteiger partial charge in [-0.1, -0.05) is 39.5 Å². The van der Waals surface area contributed by atoms with Crippen molar-refractivity contribution in [3.8, 4) is 0 Å². The van der Waals surface area contributed by atoms with Crippen molar-refractivity contribution in [2.45, 2.75) is 71.3 Å². The number of nitrogens with one attached hydrogen (secondary N) is 1. The van der Waals surface area contributed by atoms with Crippen molar-refractivity contribution < 1.29 is 4.79 Å². The molecule has 1 amide bonds. The molecule has 1 aliphatic rings. The summed E-state index contributed by atoms with van der Waals surface area (Å²) in [6, 6.07) is 0.383. The van der Waals surface area contributed by atoms with Crippen LogP contribution < -0.4 is 11.1 Å². The molecule has 0 heterocycles. The van der Waals surface area contributed by atoms with Crippen molar-refractivity contribution >= 4 is 18.3 Å². The van der Waals surface area contributed by atoms with Crippen molar-refractivity contribution in [2.75, 3.05) is 6.54 Å². The maximum absolute atomic E-state index is 12.3. The SMILES string of the molecule is CCC(CC)(CN)C(=O)NC1CCCCCC1.Cl. The van der Waals surface area contributed by atoms with Crippen molar-refractivity contribution in [1.29, 1.82) is 0 Å². The molecular weight excluding hydrogens is 248 g/mol. The van der Waals surface area contributed by atoms with Gasteiger partial charge in [0.1, 0.15) is 0 Å². The van der Waals surface area contributed by atoms with E-state index >= 15 is 0 Å². The summed E-state index contributed by atoms with van der Waals surface area (Å²) < 4.78 is 0. The Bertz CT molecular complexity index is 226. The Labute approximate surface area is 118 Å². The number of hydrogen-bond acceptors (Lipinski definition) is 2. The molecule has 0 aromatic carbocycles. The fourth-order valence-electron chi connectivity index (χ4n) is 2.71. The molecule has 0 unspecified atom stereocenters. The highest BCUT2D eigenvalue weighted by atomic mass is 35.5. The minimum Gasteiger partial charge on any atom is -0.353 e. The molecule has 1 saturated carbocycles. The number of carbonyl (C=O) groups excluding carboxylic acids is 1. The second-order valence-corrected chi connectivity index (χ2v) is 5.35. The summed E-state index contributed by atoms with van der Waals surface area (Å²) in [4.78, 5) is 12.3. The van der Waals surface area contributed by atoms with Crippen molar-refractivity contribution in [1.82, 2.24) is 5.32 Å². The zero-order valence-electron chi connectivity index (χ0n) is 11.8. The van der Waals surface area contributed by atoms with Crippen LogP contribution in [0.5, 0.6) is 0 Å². The number of amides is 1. The van der Waals surface area contributed by atoms with E-state index in [2.05, 4.69) is 19.2 Å². The molecule has 0 radical (unpaired) electrons. The summed E-state index contributed by atoms with van der Waals surface area (Å²) in [5.41, 5.74) is 5.46. The minimum absolute atomic E-state index is 0. The topological polar surface area (TPSA) is 55.1 Å². The Balaban J connectivity index is 0.00000289. The van der Waals surface area contributed by atoms with E-state index in [0.717, 1.165) is 25.7 Å². The zero-order valence-corrected chi connectivity index (χ0v) is 12.7. The van der Waals surface area contributed by atoms with Gasteiger partial charge in [-0.25, -0.2) is 0 Å². The number of hydrogen-bond donors (Lipinski definition) is 2. The lowest BCUT2D eigenvalue weighted by atomic mass is 9.81. The fourth-order valence-corrected chi connectivity index (χ4v) is 2.71. The summed E-state index contributed by atoms with van der Waals surface area (Å²) in [6.45, 7) is 4.57. The van der Waals surface area contributed by atoms with E-state index in [1.165, 1.54) is 25.7 Å². The Morgan fingerprint density at radius 2 is 1.67 bits per heavy atom. The predicted octanol–water partition coefficient (Wildman–Crippen LogP) is 3.01. The van der Waals surface area contributed by atoms with Gasteiger partial charge in [0.05, 0.1) is 5.41 Å². The lowest BCUT2D eigenvalue weighted by Gasteiger charge is -2.31. The van der Waals surface area contributed by atoms with E-state index in [1.54, 1.807) is 0 Å². The smallest absolute Gasteiger partial charge is 0.227 e. The van der Waals surface area contributed by atoms with Gasteiger partial charge in [0.15, 0.2) is 0 Å². The maximum Gasteiger partial charge on any atom is 0.227 e. The van der Waals surface area contributed by atoms with Crippen LogP contribution in [-0.4, -0.2) is 18.5 Å². The second-order valence-electron chi connectivity index (χ2n) is 5.35. The third-order valence-corrected chi connectivity index (χ3v) is 4.42. The van der Waals surface area contributed by atoms with E-state index in [1.807, 2.05) is 0 Å². The molecule has 0 saturated heterocycles. The Morgan fingerprint density at radius 1 is 1.17 bits per heavy atom. The molecule has 0 atom stereocenters. The Hall–Kier alpha value is -0.280. The van der Waals surface area contributed by atoms with Gasteiger partial charge >= 0.3 is 0 Å². The molecule has 3 N–H and O–H groups in total. The number of halogens is 1. The van der Waals surface area contributed by atoms with E-state index in [0.29, 0.717) is 12.6 Å². The molecule has 1 aliphatic carbocycles. The van der Waals surface area contributed by atoms with Crippen LogP contribution in [-0.2, 0) is 4.79 Å². The average molecular weight is 277 g/mol. The first kappa shape index (κ1) is 17.7. The first-order valence-electron chi connectivity index (χ1n) is 7.19. The van der Waals surface area contributed by atoms with Crippen LogP contribution >= 0.6 is 12.4 Å². The van der Waals surface area contributed by atoms with Crippen molar-refractivity contribution in [2.24, 2.45) is 11.1 Å². The fraction of sp³-hybridized carbons (Fsp3) is 0.929. The molecule has 108 valence electrons. The van der Waals surface area contributed by atoms with Crippen molar-refractivity contribution in [3.05, 3.63) is 0 Å². The normalized spacial score (nSPS) is 17.7. The molecule has 0 aromatic heterocycles. The summed E-state index contributed by atoms with van der Waals surface area (Å²) in [5.74, 6) is 0.178. The monoisotopic (exact) mass is 276 g/mol. The van der Waals surface area contributed by atoms with Crippen LogP contribution in [0, 0.1) is 5.41 Å². The van der Waals surface area contributed by atoms with E-state index in [-0.39, 0.29) is 23.7 Å². The number of rotatable bonds is 5. The average Bonchev–Trinajstić information content (AvgIpc) is 2.61. The van der Waals surface area contributed by atoms with Gasteiger partial charge in [-0.2, -0.15) is 0 Å². The van der Waals surface area contributed by atoms with Gasteiger partial charge < -0.3 is 11.1 Å². The van der Waals surface area contributed by atoms with Gasteiger partial charge in [0.25, 0.3) is 0 Å². The standard InChI is InChI=1S/C14H28N2O.ClH/c1-3-14(4-2,11-15)13(17)16-12-9-7-5-6-8-10-12;/h12H,3-11,15H2,1-2H3,(H,16,17);1H. The van der Waals surface area contributed by atoms with E-state index in [9.17, 15) is 4.79 Å². The number of nitrogens with two attached hydrogens (primary N) is 1. The van der Waals surface area contributed by atoms with Gasteiger partial charge in [0.2, 0.25) is 5.91 Å². The zero-order chi connectivity index (χ0) is 12.7. The first-order chi connectivity index (χ1) is 8.18. The molecule has 1 rings (SSSR count). The maximum atomic E-state index is 12.3. The largest absolute Gasteiger partial charge is 0.353 e. The second kappa shape index (κ2) is 8.76. The molecular formula is C14H29ClN2O. The van der Waals surface area contributed by atoms with Gasteiger partial charge in [-0.3, -0.25) is 4.79 Å². The van der Waals surface area contributed by atoms with Gasteiger partial charge in [-0.05, 0) is 25.7 Å². The van der Waals surface area contributed by atoms with Gasteiger partial charge in [0, 0.05) is 12.6 Å². The highest BCUT2D eigenvalue weighted by molar-refractivity contribution is 5.85. The van der Waals surface area contributed by atoms with Crippen LogP contribution in [0.4, 0.5) is 0 Å². The van der Waals surface area contributed by atoms with Crippen LogP contribution in [0.3, 0.4) is 0 Å². The van der Waals surface area contributed by atoms with Crippen LogP contribution in [0.15, 0.2) is 0 Å². The molecule has 0 spiro atoms. The third-order valence-electron chi connectivity index (χ3n) is 4.42. The quantitative estimate of drug-likeness (QED) is 0.759. The molecule has 18 heavy (non-hydrogen) atoms. The Kier molecular flexibility index (Phi) is 8.62. The summed E-state index contributed by atoms with van der Waals surface area (Å²) in [5, 5.41) is 3.23. The lowest BCUT2D eigenvalue weighted by Crippen LogP contribution is -2.48. The molecule has 0 bridgehead atoms. The van der Waals surface area contributed by atoms with Crippen LogP contribution in [0.2, 0.25) is 0 Å². The molecule has 4 heteroatoms. The highest BCUT2D eigenvalue weighted by Crippen LogP contribution is 2.26. The third kappa shape index (κ3) is 4.43. The molecule has 1 fully saturated rings. The molecule has 0 aromatic rings. The van der Waals surface area contributed by atoms with Crippen molar-refractivity contribution in [3.63, 3.8) is 0 Å². The summed E-state index contributed by atoms with van der Waals surface area (Å²) in [7, 11) is 0. The van der Waals surface area contributed by atoms with Crippen LogP contribution in [0.1, 0.15) is 65.2 Å². The molecule has 0 aliphatic heterocycles. The highest BCUT2D eigenvalue weighted by Gasteiger charge is 2.34. The van der Waals surface area contributed by atoms with Crippen LogP contribution in [0.25, 0.3) is 0 Å². The summed E-state index contributed by atoms with van der Waals surface area (Å²) >= 11 is 0. The Morgan fingerprint density at radius 3 is 2.06 bits per heavy atom. The van der Waals surface area contributed by atoms with E-state index < -0.39 is 0 Å². The number of carbonyl (C=O) groups is 1. The molecule has 3 nitrogen and oxygen atoms in total. The lowest BCUT2D eigenvalue weighted by molar-refractivity contribution is -0.131. The predicted molar refractivity (Wildman–Crippen MR) is 79.0 cm³/mol. The van der Waals surface area contributed by atoms with Gasteiger partial charge in [-0.15, -0.1) is 12.4 Å². The summed E-state index contributed by atoms with van der Waals surface area (Å²) in [6.07, 6.45) is 9.07. The van der Waals surface area contributed by atoms with E-state index in [4.69, 9.17) is 5.73 Å².